The Morgan fingerprint density at radius 3 is 3.06 bits per heavy atom. The monoisotopic (exact) mass is 239 g/mol. The number of benzene rings is 1. The summed E-state index contributed by atoms with van der Waals surface area (Å²) in [7, 11) is 0. The number of hydrazone groups is 1. The van der Waals surface area contributed by atoms with Gasteiger partial charge in [-0.25, -0.2) is 0 Å². The molecule has 1 rings (SSSR count). The van der Waals surface area contributed by atoms with Crippen molar-refractivity contribution in [3.05, 3.63) is 23.8 Å². The Balaban J connectivity index is 2.81. The molecule has 0 spiro atoms. The number of nitrogens with two attached hydrogens (primary N) is 1. The maximum absolute atomic E-state index is 9.53. The first-order valence-corrected chi connectivity index (χ1v) is 5.08. The minimum atomic E-state index is 0.0664. The smallest absolute Gasteiger partial charge is 0.184 e. The normalized spacial score (nSPS) is 10.3. The number of thiocarbonyl (C=S) groups is 1. The number of aromatic hydroxyl groups is 1. The van der Waals surface area contributed by atoms with Crippen LogP contribution in [0.3, 0.4) is 0 Å². The quantitative estimate of drug-likeness (QED) is 0.414. The molecule has 0 bridgehead atoms. The van der Waals surface area contributed by atoms with Gasteiger partial charge in [0.2, 0.25) is 0 Å². The van der Waals surface area contributed by atoms with Crippen LogP contribution in [0.1, 0.15) is 12.5 Å². The average Bonchev–Trinajstić information content (AvgIpc) is 2.22. The van der Waals surface area contributed by atoms with E-state index in [0.717, 1.165) is 0 Å². The Morgan fingerprint density at radius 1 is 1.69 bits per heavy atom. The third-order valence-corrected chi connectivity index (χ3v) is 1.78. The zero-order valence-electron chi connectivity index (χ0n) is 8.80. The molecular weight excluding hydrogens is 226 g/mol. The Bertz CT molecular complexity index is 407. The van der Waals surface area contributed by atoms with Crippen molar-refractivity contribution >= 4 is 23.5 Å². The number of nitrogens with zero attached hydrogens (tertiary/aromatic N) is 1. The van der Waals surface area contributed by atoms with Gasteiger partial charge in [0, 0.05) is 5.56 Å². The van der Waals surface area contributed by atoms with Crippen molar-refractivity contribution in [2.24, 2.45) is 10.8 Å². The number of phenolic OH excluding ortho intramolecular Hbond substituents is 1. The van der Waals surface area contributed by atoms with Crippen molar-refractivity contribution in [3.8, 4) is 11.5 Å². The number of nitrogens with one attached hydrogen (secondary N) is 1. The first-order valence-electron chi connectivity index (χ1n) is 4.67. The SMILES string of the molecule is CCOc1ccc(O)c(C=NNC(N)=S)c1. The molecule has 0 saturated heterocycles. The number of hydrogen-bond acceptors (Lipinski definition) is 4. The van der Waals surface area contributed by atoms with Crippen LogP contribution in [0.15, 0.2) is 23.3 Å². The molecule has 0 aliphatic heterocycles. The third-order valence-electron chi connectivity index (χ3n) is 1.69. The highest BCUT2D eigenvalue weighted by molar-refractivity contribution is 7.80. The van der Waals surface area contributed by atoms with Crippen molar-refractivity contribution in [2.45, 2.75) is 6.92 Å². The van der Waals surface area contributed by atoms with E-state index in [1.54, 1.807) is 12.1 Å². The van der Waals surface area contributed by atoms with E-state index in [1.807, 2.05) is 6.92 Å². The number of ether oxygens (including phenoxy) is 1. The van der Waals surface area contributed by atoms with Gasteiger partial charge in [-0.1, -0.05) is 0 Å². The predicted octanol–water partition coefficient (Wildman–Crippen LogP) is 0.958. The molecule has 5 nitrogen and oxygen atoms in total. The zero-order valence-corrected chi connectivity index (χ0v) is 9.62. The summed E-state index contributed by atoms with van der Waals surface area (Å²) in [5, 5.41) is 13.3. The fourth-order valence-corrected chi connectivity index (χ4v) is 1.11. The van der Waals surface area contributed by atoms with E-state index < -0.39 is 0 Å². The Hall–Kier alpha value is -1.82. The minimum Gasteiger partial charge on any atom is -0.507 e. The highest BCUT2D eigenvalue weighted by Gasteiger charge is 2.00. The third kappa shape index (κ3) is 3.74. The van der Waals surface area contributed by atoms with E-state index in [4.69, 9.17) is 10.5 Å². The zero-order chi connectivity index (χ0) is 12.0. The summed E-state index contributed by atoms with van der Waals surface area (Å²) in [5.41, 5.74) is 8.11. The lowest BCUT2D eigenvalue weighted by molar-refractivity contribution is 0.339. The summed E-state index contributed by atoms with van der Waals surface area (Å²) in [5.74, 6) is 0.772. The lowest BCUT2D eigenvalue weighted by Crippen LogP contribution is -2.23. The van der Waals surface area contributed by atoms with Gasteiger partial charge >= 0.3 is 0 Å². The second kappa shape index (κ2) is 5.92. The first kappa shape index (κ1) is 12.3. The molecule has 0 aliphatic carbocycles. The van der Waals surface area contributed by atoms with Gasteiger partial charge in [-0.3, -0.25) is 5.43 Å². The van der Waals surface area contributed by atoms with Crippen molar-refractivity contribution < 1.29 is 9.84 Å². The van der Waals surface area contributed by atoms with E-state index in [9.17, 15) is 5.11 Å². The minimum absolute atomic E-state index is 0.0664. The van der Waals surface area contributed by atoms with Gasteiger partial charge in [0.1, 0.15) is 11.5 Å². The van der Waals surface area contributed by atoms with E-state index in [-0.39, 0.29) is 10.9 Å². The van der Waals surface area contributed by atoms with Gasteiger partial charge in [0.25, 0.3) is 0 Å². The van der Waals surface area contributed by atoms with Gasteiger partial charge < -0.3 is 15.6 Å². The Kier molecular flexibility index (Phi) is 4.53. The fraction of sp³-hybridized carbons (Fsp3) is 0.200. The Labute approximate surface area is 98.9 Å². The van der Waals surface area contributed by atoms with Crippen LogP contribution in [-0.4, -0.2) is 23.0 Å². The molecule has 16 heavy (non-hydrogen) atoms. The number of rotatable bonds is 4. The summed E-state index contributed by atoms with van der Waals surface area (Å²) in [6.07, 6.45) is 1.41. The second-order valence-corrected chi connectivity index (χ2v) is 3.33. The fourth-order valence-electron chi connectivity index (χ4n) is 1.06. The molecule has 0 aliphatic rings. The van der Waals surface area contributed by atoms with E-state index in [0.29, 0.717) is 17.9 Å². The summed E-state index contributed by atoms with van der Waals surface area (Å²) in [6.45, 7) is 2.45. The summed E-state index contributed by atoms with van der Waals surface area (Å²) in [4.78, 5) is 0. The molecule has 0 heterocycles. The van der Waals surface area contributed by atoms with Crippen molar-refractivity contribution in [2.75, 3.05) is 6.61 Å². The molecule has 4 N–H and O–H groups in total. The Morgan fingerprint density at radius 2 is 2.44 bits per heavy atom. The molecule has 6 heteroatoms. The average molecular weight is 239 g/mol. The van der Waals surface area contributed by atoms with Crippen LogP contribution in [0, 0.1) is 0 Å². The van der Waals surface area contributed by atoms with Crippen LogP contribution in [0.2, 0.25) is 0 Å². The van der Waals surface area contributed by atoms with Crippen LogP contribution in [0.25, 0.3) is 0 Å². The predicted molar refractivity (Wildman–Crippen MR) is 66.8 cm³/mol. The van der Waals surface area contributed by atoms with Crippen LogP contribution in [0.4, 0.5) is 0 Å². The highest BCUT2D eigenvalue weighted by atomic mass is 32.1. The maximum Gasteiger partial charge on any atom is 0.184 e. The van der Waals surface area contributed by atoms with E-state index in [1.165, 1.54) is 12.3 Å². The van der Waals surface area contributed by atoms with Crippen LogP contribution >= 0.6 is 12.2 Å². The molecule has 0 amide bonds. The summed E-state index contributed by atoms with van der Waals surface area (Å²) >= 11 is 4.58. The van der Waals surface area contributed by atoms with E-state index >= 15 is 0 Å². The molecule has 86 valence electrons. The van der Waals surface area contributed by atoms with Crippen molar-refractivity contribution in [1.29, 1.82) is 0 Å². The molecule has 1 aromatic carbocycles. The molecule has 0 atom stereocenters. The number of phenols is 1. The first-order chi connectivity index (χ1) is 7.63. The van der Waals surface area contributed by atoms with Gasteiger partial charge in [-0.15, -0.1) is 0 Å². The molecule has 0 unspecified atom stereocenters. The van der Waals surface area contributed by atoms with Gasteiger partial charge in [-0.2, -0.15) is 5.10 Å². The maximum atomic E-state index is 9.53. The van der Waals surface area contributed by atoms with Gasteiger partial charge in [0.05, 0.1) is 12.8 Å². The standard InChI is InChI=1S/C10H13N3O2S/c1-2-15-8-3-4-9(14)7(5-8)6-12-13-10(11)16/h3-6,14H,2H2,1H3,(H3,11,13,16). The van der Waals surface area contributed by atoms with Gasteiger partial charge in [0.15, 0.2) is 5.11 Å². The van der Waals surface area contributed by atoms with Crippen LogP contribution in [-0.2, 0) is 0 Å². The van der Waals surface area contributed by atoms with Crippen LogP contribution < -0.4 is 15.9 Å². The topological polar surface area (TPSA) is 79.9 Å². The lowest BCUT2D eigenvalue weighted by atomic mass is 10.2. The number of hydrogen-bond donors (Lipinski definition) is 3. The second-order valence-electron chi connectivity index (χ2n) is 2.89. The summed E-state index contributed by atoms with van der Waals surface area (Å²) < 4.78 is 5.29. The molecule has 0 aromatic heterocycles. The van der Waals surface area contributed by atoms with Gasteiger partial charge in [-0.05, 0) is 37.3 Å². The summed E-state index contributed by atoms with van der Waals surface area (Å²) in [6, 6.07) is 4.88. The molecule has 0 saturated carbocycles. The molecule has 0 fully saturated rings. The molecule has 0 radical (unpaired) electrons. The largest absolute Gasteiger partial charge is 0.507 e. The highest BCUT2D eigenvalue weighted by Crippen LogP contribution is 2.21. The van der Waals surface area contributed by atoms with Crippen molar-refractivity contribution in [1.82, 2.24) is 5.43 Å². The molecule has 1 aromatic rings. The van der Waals surface area contributed by atoms with Crippen LogP contribution in [0.5, 0.6) is 11.5 Å². The van der Waals surface area contributed by atoms with E-state index in [2.05, 4.69) is 22.7 Å². The molecular formula is C10H13N3O2S. The van der Waals surface area contributed by atoms with Crippen molar-refractivity contribution in [3.63, 3.8) is 0 Å². The lowest BCUT2D eigenvalue weighted by Gasteiger charge is -2.05.